The Labute approximate surface area is 102 Å². The van der Waals surface area contributed by atoms with Crippen LogP contribution in [0.3, 0.4) is 0 Å². The van der Waals surface area contributed by atoms with Crippen molar-refractivity contribution in [2.24, 2.45) is 0 Å². The fourth-order valence-electron chi connectivity index (χ4n) is 1.89. The van der Waals surface area contributed by atoms with Crippen molar-refractivity contribution >= 4 is 0 Å². The molecule has 0 saturated heterocycles. The van der Waals surface area contributed by atoms with Crippen molar-refractivity contribution in [1.29, 1.82) is 15.8 Å². The standard InChI is InChI=1S/C14H13N3/c15-10-4-8-14(12-17,9-5-11-16)13-6-2-1-3-7-13/h1-3,6-7H,4-5,8-9H2. The minimum absolute atomic E-state index is 0.327. The molecule has 1 aromatic rings. The van der Waals surface area contributed by atoms with Gasteiger partial charge in [-0.1, -0.05) is 30.3 Å². The molecule has 1 rings (SSSR count). The summed E-state index contributed by atoms with van der Waals surface area (Å²) in [6.45, 7) is 0. The lowest BCUT2D eigenvalue weighted by atomic mass is 9.75. The van der Waals surface area contributed by atoms with E-state index in [0.717, 1.165) is 5.56 Å². The zero-order valence-electron chi connectivity index (χ0n) is 9.56. The van der Waals surface area contributed by atoms with Crippen LogP contribution in [0.5, 0.6) is 0 Å². The molecule has 0 aliphatic heterocycles. The quantitative estimate of drug-likeness (QED) is 0.770. The van der Waals surface area contributed by atoms with Crippen molar-refractivity contribution in [2.75, 3.05) is 0 Å². The van der Waals surface area contributed by atoms with Gasteiger partial charge in [-0.2, -0.15) is 15.8 Å². The minimum Gasteiger partial charge on any atom is -0.198 e. The van der Waals surface area contributed by atoms with Crippen LogP contribution in [0, 0.1) is 34.0 Å². The summed E-state index contributed by atoms with van der Waals surface area (Å²) in [5.41, 5.74) is 0.195. The molecule has 0 N–H and O–H groups in total. The number of hydrogen-bond acceptors (Lipinski definition) is 3. The molecule has 0 radical (unpaired) electrons. The summed E-state index contributed by atoms with van der Waals surface area (Å²) in [4.78, 5) is 0. The molecule has 0 heterocycles. The Morgan fingerprint density at radius 2 is 1.41 bits per heavy atom. The van der Waals surface area contributed by atoms with E-state index in [0.29, 0.717) is 25.7 Å². The molecule has 0 atom stereocenters. The highest BCUT2D eigenvalue weighted by atomic mass is 14.4. The second-order valence-corrected chi connectivity index (χ2v) is 3.88. The lowest BCUT2D eigenvalue weighted by molar-refractivity contribution is 0.477. The third kappa shape index (κ3) is 3.07. The Hall–Kier alpha value is -2.31. The van der Waals surface area contributed by atoms with Crippen LogP contribution < -0.4 is 0 Å². The van der Waals surface area contributed by atoms with E-state index in [1.54, 1.807) is 0 Å². The first-order chi connectivity index (χ1) is 8.29. The van der Waals surface area contributed by atoms with Crippen LogP contribution in [0.15, 0.2) is 30.3 Å². The van der Waals surface area contributed by atoms with E-state index in [-0.39, 0.29) is 0 Å². The average molecular weight is 223 g/mol. The highest BCUT2D eigenvalue weighted by Gasteiger charge is 2.31. The van der Waals surface area contributed by atoms with Crippen LogP contribution in [0.1, 0.15) is 31.2 Å². The van der Waals surface area contributed by atoms with Gasteiger partial charge in [0.25, 0.3) is 0 Å². The van der Waals surface area contributed by atoms with E-state index in [1.165, 1.54) is 0 Å². The predicted octanol–water partition coefficient (Wildman–Crippen LogP) is 3.06. The molecule has 0 unspecified atom stereocenters. The molecule has 1 aromatic carbocycles. The van der Waals surface area contributed by atoms with Crippen LogP contribution in [0.2, 0.25) is 0 Å². The molecule has 0 saturated carbocycles. The second-order valence-electron chi connectivity index (χ2n) is 3.88. The highest BCUT2D eigenvalue weighted by Crippen LogP contribution is 2.33. The van der Waals surface area contributed by atoms with E-state index in [9.17, 15) is 5.26 Å². The maximum absolute atomic E-state index is 9.41. The normalized spacial score (nSPS) is 9.94. The Morgan fingerprint density at radius 1 is 0.882 bits per heavy atom. The lowest BCUT2D eigenvalue weighted by Crippen LogP contribution is -2.23. The van der Waals surface area contributed by atoms with Crippen LogP contribution in [0.25, 0.3) is 0 Å². The first-order valence-corrected chi connectivity index (χ1v) is 5.50. The van der Waals surface area contributed by atoms with Gasteiger partial charge in [0.1, 0.15) is 0 Å². The van der Waals surface area contributed by atoms with Gasteiger partial charge in [0.15, 0.2) is 0 Å². The number of rotatable bonds is 5. The van der Waals surface area contributed by atoms with Gasteiger partial charge in [-0.3, -0.25) is 0 Å². The second kappa shape index (κ2) is 6.31. The van der Waals surface area contributed by atoms with Gasteiger partial charge < -0.3 is 0 Å². The molecular weight excluding hydrogens is 210 g/mol. The molecule has 3 nitrogen and oxygen atoms in total. The first kappa shape index (κ1) is 12.8. The van der Waals surface area contributed by atoms with E-state index in [4.69, 9.17) is 10.5 Å². The molecule has 0 amide bonds. The fraction of sp³-hybridized carbons (Fsp3) is 0.357. The van der Waals surface area contributed by atoms with Crippen molar-refractivity contribution in [3.8, 4) is 18.2 Å². The molecule has 17 heavy (non-hydrogen) atoms. The van der Waals surface area contributed by atoms with Crippen LogP contribution >= 0.6 is 0 Å². The molecule has 0 bridgehead atoms. The third-order valence-electron chi connectivity index (χ3n) is 2.87. The molecule has 3 heteroatoms. The van der Waals surface area contributed by atoms with Crippen molar-refractivity contribution in [3.05, 3.63) is 35.9 Å². The van der Waals surface area contributed by atoms with Gasteiger partial charge in [0.2, 0.25) is 0 Å². The Balaban J connectivity index is 3.05. The molecule has 0 aliphatic carbocycles. The fourth-order valence-corrected chi connectivity index (χ4v) is 1.89. The van der Waals surface area contributed by atoms with Gasteiger partial charge in [0.05, 0.1) is 23.6 Å². The first-order valence-electron chi connectivity index (χ1n) is 5.50. The van der Waals surface area contributed by atoms with E-state index >= 15 is 0 Å². The number of benzene rings is 1. The van der Waals surface area contributed by atoms with Gasteiger partial charge >= 0.3 is 0 Å². The SMILES string of the molecule is N#CCCC(C#N)(CCC#N)c1ccccc1. The summed E-state index contributed by atoms with van der Waals surface area (Å²) in [6, 6.07) is 15.9. The summed E-state index contributed by atoms with van der Waals surface area (Å²) in [5.74, 6) is 0. The summed E-state index contributed by atoms with van der Waals surface area (Å²) in [7, 11) is 0. The number of nitrogens with zero attached hydrogens (tertiary/aromatic N) is 3. The summed E-state index contributed by atoms with van der Waals surface area (Å²) >= 11 is 0. The van der Waals surface area contributed by atoms with Gasteiger partial charge in [-0.25, -0.2) is 0 Å². The maximum Gasteiger partial charge on any atom is 0.0842 e. The van der Waals surface area contributed by atoms with Crippen molar-refractivity contribution in [3.63, 3.8) is 0 Å². The zero-order chi connectivity index (χ0) is 12.6. The number of hydrogen-bond donors (Lipinski definition) is 0. The molecule has 0 aliphatic rings. The third-order valence-corrected chi connectivity index (χ3v) is 2.87. The summed E-state index contributed by atoms with van der Waals surface area (Å²) in [6.07, 6.45) is 1.61. The van der Waals surface area contributed by atoms with E-state index in [2.05, 4.69) is 18.2 Å². The average Bonchev–Trinajstić information content (AvgIpc) is 2.41. The van der Waals surface area contributed by atoms with Crippen LogP contribution in [-0.2, 0) is 5.41 Å². The Kier molecular flexibility index (Phi) is 4.74. The Bertz CT molecular complexity index is 453. The molecule has 84 valence electrons. The molecule has 0 spiro atoms. The van der Waals surface area contributed by atoms with Crippen molar-refractivity contribution in [1.82, 2.24) is 0 Å². The largest absolute Gasteiger partial charge is 0.198 e. The molecule has 0 aromatic heterocycles. The monoisotopic (exact) mass is 223 g/mol. The minimum atomic E-state index is -0.702. The van der Waals surface area contributed by atoms with Gasteiger partial charge in [-0.15, -0.1) is 0 Å². The topological polar surface area (TPSA) is 71.4 Å². The van der Waals surface area contributed by atoms with Crippen molar-refractivity contribution in [2.45, 2.75) is 31.1 Å². The van der Waals surface area contributed by atoms with E-state index in [1.807, 2.05) is 30.3 Å². The summed E-state index contributed by atoms with van der Waals surface area (Å²) < 4.78 is 0. The van der Waals surface area contributed by atoms with E-state index < -0.39 is 5.41 Å². The smallest absolute Gasteiger partial charge is 0.0842 e. The zero-order valence-corrected chi connectivity index (χ0v) is 9.56. The predicted molar refractivity (Wildman–Crippen MR) is 63.4 cm³/mol. The number of nitriles is 3. The van der Waals surface area contributed by atoms with Crippen LogP contribution in [0.4, 0.5) is 0 Å². The van der Waals surface area contributed by atoms with Crippen LogP contribution in [-0.4, -0.2) is 0 Å². The van der Waals surface area contributed by atoms with Crippen molar-refractivity contribution < 1.29 is 0 Å². The highest BCUT2D eigenvalue weighted by molar-refractivity contribution is 5.32. The molecule has 0 fully saturated rings. The maximum atomic E-state index is 9.41. The van der Waals surface area contributed by atoms with Gasteiger partial charge in [-0.05, 0) is 18.4 Å². The summed E-state index contributed by atoms with van der Waals surface area (Å²) in [5, 5.41) is 26.8. The van der Waals surface area contributed by atoms with Gasteiger partial charge in [0, 0.05) is 12.8 Å². The Morgan fingerprint density at radius 3 is 1.82 bits per heavy atom. The molecular formula is C14H13N3. The lowest BCUT2D eigenvalue weighted by Gasteiger charge is -2.25.